The fourth-order valence-electron chi connectivity index (χ4n) is 1.17. The lowest BCUT2D eigenvalue weighted by Gasteiger charge is -2.10. The van der Waals surface area contributed by atoms with Gasteiger partial charge in [0.25, 0.3) is 0 Å². The molecule has 0 aliphatic rings. The van der Waals surface area contributed by atoms with Crippen LogP contribution in [0.4, 0.5) is 5.82 Å². The number of nitrogens with zero attached hydrogens (tertiary/aromatic N) is 1. The predicted octanol–water partition coefficient (Wildman–Crippen LogP) is 3.24. The summed E-state index contributed by atoms with van der Waals surface area (Å²) in [5, 5.41) is 3.72. The SMILES string of the molecule is CCCOCCOc1nc(NC)c(Cl)cc1Cl. The van der Waals surface area contributed by atoms with Gasteiger partial charge in [-0.05, 0) is 12.5 Å². The van der Waals surface area contributed by atoms with E-state index in [1.807, 2.05) is 0 Å². The molecule has 1 N–H and O–H groups in total. The van der Waals surface area contributed by atoms with Crippen LogP contribution in [0, 0.1) is 0 Å². The fourth-order valence-corrected chi connectivity index (χ4v) is 1.68. The smallest absolute Gasteiger partial charge is 0.234 e. The Morgan fingerprint density at radius 3 is 2.65 bits per heavy atom. The molecule has 4 nitrogen and oxygen atoms in total. The summed E-state index contributed by atoms with van der Waals surface area (Å²) in [4.78, 5) is 4.16. The van der Waals surface area contributed by atoms with Gasteiger partial charge in [0.2, 0.25) is 5.88 Å². The summed E-state index contributed by atoms with van der Waals surface area (Å²) in [6.07, 6.45) is 0.990. The Kier molecular flexibility index (Phi) is 6.40. The molecule has 1 heterocycles. The van der Waals surface area contributed by atoms with Crippen LogP contribution in [-0.4, -0.2) is 31.9 Å². The number of aromatic nitrogens is 1. The standard InChI is InChI=1S/C11H16Cl2N2O2/c1-3-4-16-5-6-17-11-9(13)7-8(12)10(14-2)15-11/h7H,3-6H2,1-2H3,(H,14,15). The second kappa shape index (κ2) is 7.58. The lowest BCUT2D eigenvalue weighted by molar-refractivity contribution is 0.0991. The molecule has 1 rings (SSSR count). The monoisotopic (exact) mass is 278 g/mol. The molecule has 0 aliphatic carbocycles. The minimum atomic E-state index is 0.362. The van der Waals surface area contributed by atoms with Crippen molar-refractivity contribution < 1.29 is 9.47 Å². The Bertz CT molecular complexity index is 362. The van der Waals surface area contributed by atoms with E-state index in [9.17, 15) is 0 Å². The van der Waals surface area contributed by atoms with Crippen LogP contribution in [0.25, 0.3) is 0 Å². The first kappa shape index (κ1) is 14.4. The van der Waals surface area contributed by atoms with E-state index < -0.39 is 0 Å². The van der Waals surface area contributed by atoms with E-state index in [1.165, 1.54) is 0 Å². The third-order valence-electron chi connectivity index (χ3n) is 1.95. The number of pyridine rings is 1. The number of hydrogen-bond acceptors (Lipinski definition) is 4. The number of anilines is 1. The van der Waals surface area contributed by atoms with E-state index in [0.29, 0.717) is 35.0 Å². The van der Waals surface area contributed by atoms with Crippen LogP contribution < -0.4 is 10.1 Å². The van der Waals surface area contributed by atoms with E-state index in [0.717, 1.165) is 13.0 Å². The molecule has 0 aromatic carbocycles. The Hall–Kier alpha value is -0.710. The third-order valence-corrected chi connectivity index (χ3v) is 2.51. The van der Waals surface area contributed by atoms with Crippen LogP contribution in [0.5, 0.6) is 5.88 Å². The van der Waals surface area contributed by atoms with Crippen molar-refractivity contribution >= 4 is 29.0 Å². The van der Waals surface area contributed by atoms with Crippen LogP contribution in [0.3, 0.4) is 0 Å². The zero-order chi connectivity index (χ0) is 12.7. The van der Waals surface area contributed by atoms with Crippen LogP contribution in [0.1, 0.15) is 13.3 Å². The molecule has 0 saturated heterocycles. The summed E-state index contributed by atoms with van der Waals surface area (Å²) in [6.45, 7) is 3.71. The first-order valence-corrected chi connectivity index (χ1v) is 6.19. The van der Waals surface area contributed by atoms with Crippen LogP contribution in [-0.2, 0) is 4.74 Å². The average Bonchev–Trinajstić information content (AvgIpc) is 2.31. The lowest BCUT2D eigenvalue weighted by Crippen LogP contribution is -2.09. The first-order chi connectivity index (χ1) is 8.19. The molecule has 96 valence electrons. The summed E-state index contributed by atoms with van der Waals surface area (Å²) in [6, 6.07) is 1.60. The van der Waals surface area contributed by atoms with Crippen molar-refractivity contribution in [3.8, 4) is 5.88 Å². The quantitative estimate of drug-likeness (QED) is 0.778. The van der Waals surface area contributed by atoms with Gasteiger partial charge >= 0.3 is 0 Å². The molecule has 0 radical (unpaired) electrons. The molecular weight excluding hydrogens is 263 g/mol. The summed E-state index contributed by atoms with van der Waals surface area (Å²) in [5.74, 6) is 0.904. The molecule has 0 bridgehead atoms. The van der Waals surface area contributed by atoms with Gasteiger partial charge in [-0.1, -0.05) is 30.1 Å². The number of halogens is 2. The fraction of sp³-hybridized carbons (Fsp3) is 0.545. The molecule has 1 aromatic rings. The van der Waals surface area contributed by atoms with Crippen molar-refractivity contribution in [3.05, 3.63) is 16.1 Å². The van der Waals surface area contributed by atoms with Crippen molar-refractivity contribution in [3.63, 3.8) is 0 Å². The zero-order valence-electron chi connectivity index (χ0n) is 9.93. The second-order valence-electron chi connectivity index (χ2n) is 3.32. The summed E-state index contributed by atoms with van der Waals surface area (Å²) in [7, 11) is 1.73. The molecule has 6 heteroatoms. The molecule has 0 amide bonds. The summed E-state index contributed by atoms with van der Waals surface area (Å²) >= 11 is 11.9. The van der Waals surface area contributed by atoms with E-state index in [1.54, 1.807) is 13.1 Å². The normalized spacial score (nSPS) is 10.4. The number of ether oxygens (including phenoxy) is 2. The maximum absolute atomic E-state index is 5.96. The van der Waals surface area contributed by atoms with Crippen molar-refractivity contribution in [2.24, 2.45) is 0 Å². The maximum Gasteiger partial charge on any atom is 0.234 e. The number of hydrogen-bond donors (Lipinski definition) is 1. The molecule has 0 fully saturated rings. The lowest BCUT2D eigenvalue weighted by atomic mass is 10.4. The van der Waals surface area contributed by atoms with Crippen molar-refractivity contribution in [1.82, 2.24) is 4.98 Å². The first-order valence-electron chi connectivity index (χ1n) is 5.43. The summed E-state index contributed by atoms with van der Waals surface area (Å²) < 4.78 is 10.7. The number of rotatable bonds is 7. The van der Waals surface area contributed by atoms with Gasteiger partial charge in [-0.3, -0.25) is 0 Å². The minimum Gasteiger partial charge on any atom is -0.474 e. The van der Waals surface area contributed by atoms with Gasteiger partial charge in [-0.25, -0.2) is 0 Å². The highest BCUT2D eigenvalue weighted by Gasteiger charge is 2.09. The van der Waals surface area contributed by atoms with E-state index in [-0.39, 0.29) is 0 Å². The molecule has 0 saturated carbocycles. The highest BCUT2D eigenvalue weighted by molar-refractivity contribution is 6.36. The third kappa shape index (κ3) is 4.58. The topological polar surface area (TPSA) is 43.4 Å². The molecular formula is C11H16Cl2N2O2. The van der Waals surface area contributed by atoms with Gasteiger partial charge < -0.3 is 14.8 Å². The van der Waals surface area contributed by atoms with Gasteiger partial charge in [0.15, 0.2) is 0 Å². The maximum atomic E-state index is 5.96. The average molecular weight is 279 g/mol. The van der Waals surface area contributed by atoms with Gasteiger partial charge in [0.05, 0.1) is 11.6 Å². The van der Waals surface area contributed by atoms with Gasteiger partial charge in [0, 0.05) is 13.7 Å². The molecule has 0 unspecified atom stereocenters. The van der Waals surface area contributed by atoms with Crippen LogP contribution in [0.15, 0.2) is 6.07 Å². The van der Waals surface area contributed by atoms with E-state index >= 15 is 0 Å². The van der Waals surface area contributed by atoms with Crippen molar-refractivity contribution in [2.75, 3.05) is 32.2 Å². The molecule has 0 atom stereocenters. The van der Waals surface area contributed by atoms with Crippen molar-refractivity contribution in [2.45, 2.75) is 13.3 Å². The minimum absolute atomic E-state index is 0.362. The van der Waals surface area contributed by atoms with Gasteiger partial charge in [0.1, 0.15) is 17.4 Å². The van der Waals surface area contributed by atoms with E-state index in [4.69, 9.17) is 32.7 Å². The highest BCUT2D eigenvalue weighted by Crippen LogP contribution is 2.30. The Morgan fingerprint density at radius 1 is 1.24 bits per heavy atom. The Morgan fingerprint density at radius 2 is 2.00 bits per heavy atom. The van der Waals surface area contributed by atoms with E-state index in [2.05, 4.69) is 17.2 Å². The Labute approximate surface area is 111 Å². The molecule has 0 spiro atoms. The molecule has 0 aliphatic heterocycles. The van der Waals surface area contributed by atoms with Crippen molar-refractivity contribution in [1.29, 1.82) is 0 Å². The van der Waals surface area contributed by atoms with Crippen LogP contribution >= 0.6 is 23.2 Å². The van der Waals surface area contributed by atoms with Gasteiger partial charge in [-0.2, -0.15) is 4.98 Å². The largest absolute Gasteiger partial charge is 0.474 e. The molecule has 17 heavy (non-hydrogen) atoms. The Balaban J connectivity index is 2.52. The second-order valence-corrected chi connectivity index (χ2v) is 4.13. The van der Waals surface area contributed by atoms with Crippen LogP contribution in [0.2, 0.25) is 10.0 Å². The molecule has 1 aromatic heterocycles. The van der Waals surface area contributed by atoms with Gasteiger partial charge in [-0.15, -0.1) is 0 Å². The predicted molar refractivity (Wildman–Crippen MR) is 70.4 cm³/mol. The summed E-state index contributed by atoms with van der Waals surface area (Å²) in [5.41, 5.74) is 0. The highest BCUT2D eigenvalue weighted by atomic mass is 35.5. The number of nitrogens with one attached hydrogen (secondary N) is 1. The zero-order valence-corrected chi connectivity index (χ0v) is 11.4.